The van der Waals surface area contributed by atoms with Crippen LogP contribution in [0.15, 0.2) is 12.4 Å². The second kappa shape index (κ2) is 7.13. The predicted molar refractivity (Wildman–Crippen MR) is 39.9 cm³/mol. The fraction of sp³-hybridized carbons (Fsp3) is 0.750. The largest absolute Gasteiger partial charge is 0.251 e. The van der Waals surface area contributed by atoms with Gasteiger partial charge in [-0.25, -0.2) is 13.2 Å². The molecule has 0 aliphatic rings. The first kappa shape index (κ1) is 11.5. The molecule has 0 nitrogen and oxygen atoms in total. The van der Waals surface area contributed by atoms with Crippen molar-refractivity contribution in [3.63, 3.8) is 0 Å². The average molecular weight is 184 g/mol. The highest BCUT2D eigenvalue weighted by molar-refractivity contribution is 4.87. The van der Waals surface area contributed by atoms with Crippen LogP contribution in [0.25, 0.3) is 0 Å². The van der Waals surface area contributed by atoms with E-state index in [0.29, 0.717) is 6.08 Å². The third-order valence-electron chi connectivity index (χ3n) is 1.47. The van der Waals surface area contributed by atoms with Crippen molar-refractivity contribution in [3.05, 3.63) is 12.4 Å². The molecular formula is C8H12F4. The van der Waals surface area contributed by atoms with E-state index in [1.165, 1.54) is 0 Å². The maximum atomic E-state index is 12.6. The Labute approximate surface area is 69.3 Å². The van der Waals surface area contributed by atoms with Crippen LogP contribution >= 0.6 is 0 Å². The molecule has 0 N–H and O–H groups in total. The van der Waals surface area contributed by atoms with Crippen LogP contribution in [0.5, 0.6) is 0 Å². The van der Waals surface area contributed by atoms with Gasteiger partial charge < -0.3 is 0 Å². The summed E-state index contributed by atoms with van der Waals surface area (Å²) in [6.45, 7) is -0.525. The maximum absolute atomic E-state index is 12.6. The molecule has 0 saturated carbocycles. The van der Waals surface area contributed by atoms with E-state index in [9.17, 15) is 17.6 Å². The molecule has 12 heavy (non-hydrogen) atoms. The van der Waals surface area contributed by atoms with Gasteiger partial charge in [0.15, 0.2) is 6.17 Å². The Morgan fingerprint density at radius 3 is 2.33 bits per heavy atom. The van der Waals surface area contributed by atoms with E-state index in [4.69, 9.17) is 0 Å². The van der Waals surface area contributed by atoms with Crippen molar-refractivity contribution in [3.8, 4) is 0 Å². The van der Waals surface area contributed by atoms with Crippen molar-refractivity contribution in [2.24, 2.45) is 0 Å². The molecule has 0 heterocycles. The number of hydrogen-bond donors (Lipinski definition) is 0. The van der Waals surface area contributed by atoms with Crippen molar-refractivity contribution in [2.45, 2.75) is 31.6 Å². The lowest BCUT2D eigenvalue weighted by Gasteiger charge is -2.07. The summed E-state index contributed by atoms with van der Waals surface area (Å²) in [6.07, 6.45) is -2.68. The van der Waals surface area contributed by atoms with Crippen LogP contribution in [0.4, 0.5) is 17.6 Å². The summed E-state index contributed by atoms with van der Waals surface area (Å²) < 4.78 is 47.9. The second-order valence-electron chi connectivity index (χ2n) is 2.46. The van der Waals surface area contributed by atoms with Crippen LogP contribution in [0.1, 0.15) is 19.3 Å². The normalized spacial score (nSPS) is 16.7. The van der Waals surface area contributed by atoms with Crippen molar-refractivity contribution in [2.75, 3.05) is 6.67 Å². The standard InChI is InChI=1S/C8H12F4/c9-5-2-1-3-7(11)8(12)4-6-10/h4,6-8H,1-3,5H2. The minimum Gasteiger partial charge on any atom is -0.251 e. The maximum Gasteiger partial charge on any atom is 0.152 e. The Balaban J connectivity index is 3.49. The zero-order valence-electron chi connectivity index (χ0n) is 6.65. The van der Waals surface area contributed by atoms with Gasteiger partial charge in [-0.1, -0.05) is 0 Å². The van der Waals surface area contributed by atoms with Crippen LogP contribution in [0, 0.1) is 0 Å². The summed E-state index contributed by atoms with van der Waals surface area (Å²) in [5.41, 5.74) is 0. The van der Waals surface area contributed by atoms with E-state index in [1.54, 1.807) is 0 Å². The summed E-state index contributed by atoms with van der Waals surface area (Å²) in [7, 11) is 0. The van der Waals surface area contributed by atoms with Gasteiger partial charge in [-0.3, -0.25) is 4.39 Å². The van der Waals surface area contributed by atoms with Crippen LogP contribution in [0.3, 0.4) is 0 Å². The average Bonchev–Trinajstić information content (AvgIpc) is 2.05. The second-order valence-corrected chi connectivity index (χ2v) is 2.46. The molecule has 0 fully saturated rings. The number of unbranched alkanes of at least 4 members (excludes halogenated alkanes) is 1. The Morgan fingerprint density at radius 1 is 1.17 bits per heavy atom. The monoisotopic (exact) mass is 184 g/mol. The highest BCUT2D eigenvalue weighted by Gasteiger charge is 2.16. The summed E-state index contributed by atoms with van der Waals surface area (Å²) >= 11 is 0. The van der Waals surface area contributed by atoms with Gasteiger partial charge >= 0.3 is 0 Å². The lowest BCUT2D eigenvalue weighted by Crippen LogP contribution is -2.14. The molecule has 0 aromatic heterocycles. The van der Waals surface area contributed by atoms with Crippen LogP contribution in [0.2, 0.25) is 0 Å². The van der Waals surface area contributed by atoms with Gasteiger partial charge in [-0.05, 0) is 25.3 Å². The molecule has 0 rings (SSSR count). The van der Waals surface area contributed by atoms with Gasteiger partial charge in [0.25, 0.3) is 0 Å². The molecule has 72 valence electrons. The molecular weight excluding hydrogens is 172 g/mol. The van der Waals surface area contributed by atoms with Crippen molar-refractivity contribution < 1.29 is 17.6 Å². The number of hydrogen-bond acceptors (Lipinski definition) is 0. The summed E-state index contributed by atoms with van der Waals surface area (Å²) in [6, 6.07) is 0. The molecule has 0 saturated heterocycles. The molecule has 0 aliphatic carbocycles. The van der Waals surface area contributed by atoms with Crippen molar-refractivity contribution in [1.82, 2.24) is 0 Å². The lowest BCUT2D eigenvalue weighted by atomic mass is 10.1. The summed E-state index contributed by atoms with van der Waals surface area (Å²) in [5.74, 6) is 0. The van der Waals surface area contributed by atoms with Gasteiger partial charge in [-0.15, -0.1) is 0 Å². The molecule has 0 aromatic rings. The first-order valence-corrected chi connectivity index (χ1v) is 3.83. The van der Waals surface area contributed by atoms with Crippen molar-refractivity contribution >= 4 is 0 Å². The number of halogens is 4. The van der Waals surface area contributed by atoms with E-state index in [0.717, 1.165) is 0 Å². The number of rotatable bonds is 6. The summed E-state index contributed by atoms with van der Waals surface area (Å²) in [5, 5.41) is 0. The van der Waals surface area contributed by atoms with E-state index in [1.807, 2.05) is 0 Å². The zero-order valence-corrected chi connectivity index (χ0v) is 6.65. The highest BCUT2D eigenvalue weighted by atomic mass is 19.2. The molecule has 0 amide bonds. The fourth-order valence-electron chi connectivity index (χ4n) is 0.783. The predicted octanol–water partition coefficient (Wildman–Crippen LogP) is 3.29. The Bertz CT molecular complexity index is 124. The van der Waals surface area contributed by atoms with Crippen molar-refractivity contribution in [1.29, 1.82) is 0 Å². The third-order valence-corrected chi connectivity index (χ3v) is 1.47. The van der Waals surface area contributed by atoms with Gasteiger partial charge in [-0.2, -0.15) is 0 Å². The number of allylic oxidation sites excluding steroid dienone is 1. The topological polar surface area (TPSA) is 0 Å². The smallest absolute Gasteiger partial charge is 0.152 e. The van der Waals surface area contributed by atoms with Crippen LogP contribution < -0.4 is 0 Å². The molecule has 0 aromatic carbocycles. The van der Waals surface area contributed by atoms with Gasteiger partial charge in [0.05, 0.1) is 13.0 Å². The van der Waals surface area contributed by atoms with E-state index >= 15 is 0 Å². The molecule has 2 atom stereocenters. The first-order chi connectivity index (χ1) is 5.72. The summed E-state index contributed by atoms with van der Waals surface area (Å²) in [4.78, 5) is 0. The SMILES string of the molecule is FC=CC(F)C(F)CCCCF. The van der Waals surface area contributed by atoms with E-state index in [-0.39, 0.29) is 25.6 Å². The Kier molecular flexibility index (Phi) is 6.81. The lowest BCUT2D eigenvalue weighted by molar-refractivity contribution is 0.188. The van der Waals surface area contributed by atoms with Crippen LogP contribution in [-0.4, -0.2) is 19.0 Å². The molecule has 0 radical (unpaired) electrons. The fourth-order valence-corrected chi connectivity index (χ4v) is 0.783. The third kappa shape index (κ3) is 5.16. The van der Waals surface area contributed by atoms with Gasteiger partial charge in [0.2, 0.25) is 0 Å². The van der Waals surface area contributed by atoms with E-state index in [2.05, 4.69) is 0 Å². The quantitative estimate of drug-likeness (QED) is 0.439. The Hall–Kier alpha value is -0.540. The molecule has 0 bridgehead atoms. The number of alkyl halides is 3. The molecule has 0 spiro atoms. The molecule has 2 unspecified atom stereocenters. The van der Waals surface area contributed by atoms with E-state index < -0.39 is 19.0 Å². The zero-order chi connectivity index (χ0) is 9.40. The highest BCUT2D eigenvalue weighted by Crippen LogP contribution is 2.13. The molecule has 0 aliphatic heterocycles. The minimum absolute atomic E-state index is 0.0214. The van der Waals surface area contributed by atoms with Gasteiger partial charge in [0, 0.05) is 0 Å². The minimum atomic E-state index is -1.91. The van der Waals surface area contributed by atoms with Gasteiger partial charge in [0.1, 0.15) is 6.17 Å². The first-order valence-electron chi connectivity index (χ1n) is 3.83. The Morgan fingerprint density at radius 2 is 1.83 bits per heavy atom. The molecule has 4 heteroatoms. The van der Waals surface area contributed by atoms with Crippen LogP contribution in [-0.2, 0) is 0 Å².